The van der Waals surface area contributed by atoms with Gasteiger partial charge in [-0.3, -0.25) is 0 Å². The maximum atomic E-state index is 13.9. The number of amides is 1. The molecule has 12 heteroatoms. The molecule has 1 saturated heterocycles. The molecule has 0 radical (unpaired) electrons. The first kappa shape index (κ1) is 32.1. The van der Waals surface area contributed by atoms with Gasteiger partial charge in [-0.15, -0.1) is 0 Å². The quantitative estimate of drug-likeness (QED) is 0.247. The number of piperazine rings is 1. The maximum absolute atomic E-state index is 13.9. The number of aromatic nitrogens is 2. The van der Waals surface area contributed by atoms with Crippen molar-refractivity contribution in [3.8, 4) is 0 Å². The molecule has 1 atom stereocenters. The lowest BCUT2D eigenvalue weighted by Gasteiger charge is -2.36. The molecule has 1 N–H and O–H groups in total. The van der Waals surface area contributed by atoms with Gasteiger partial charge in [0.25, 0.3) is 0 Å². The number of hydrogen-bond donors (Lipinski definition) is 1. The van der Waals surface area contributed by atoms with Gasteiger partial charge >= 0.3 is 6.18 Å². The first-order chi connectivity index (χ1) is 21.3. The van der Waals surface area contributed by atoms with E-state index in [-0.39, 0.29) is 22.4 Å². The van der Waals surface area contributed by atoms with Crippen LogP contribution in [0, 0.1) is 20.8 Å². The standard InChI is InChI=1S/C33H34ClF3N6O2/c1-20-16-21(2)29(22(3)17-20)30(26-18-23(33(35,36)37)8-9-27(26)34)43(32(44)45)28-10-11-38-31(40-28)39-24-6-5-7-25(19-24)42-14-12-41(4)13-15-42/h5-11,16-19,30H,12-15H2,1-4H3,(H,44,45)(H,38,39,40)/p-1. The van der Waals surface area contributed by atoms with E-state index in [9.17, 15) is 23.1 Å². The van der Waals surface area contributed by atoms with Crippen molar-refractivity contribution in [3.05, 3.63) is 105 Å². The van der Waals surface area contributed by atoms with Gasteiger partial charge in [0.15, 0.2) is 0 Å². The van der Waals surface area contributed by atoms with Gasteiger partial charge in [0.2, 0.25) is 5.95 Å². The lowest BCUT2D eigenvalue weighted by Crippen LogP contribution is -2.45. The maximum Gasteiger partial charge on any atom is 0.416 e. The van der Waals surface area contributed by atoms with E-state index in [0.29, 0.717) is 22.4 Å². The number of benzene rings is 3. The molecule has 1 aliphatic rings. The highest BCUT2D eigenvalue weighted by atomic mass is 35.5. The van der Waals surface area contributed by atoms with Crippen LogP contribution in [-0.2, 0) is 6.18 Å². The normalized spacial score (nSPS) is 14.7. The molecule has 1 aliphatic heterocycles. The van der Waals surface area contributed by atoms with Crippen LogP contribution in [0.2, 0.25) is 5.02 Å². The summed E-state index contributed by atoms with van der Waals surface area (Å²) < 4.78 is 41.6. The zero-order valence-electron chi connectivity index (χ0n) is 25.3. The van der Waals surface area contributed by atoms with E-state index < -0.39 is 23.9 Å². The average molecular weight is 638 g/mol. The third kappa shape index (κ3) is 7.15. The summed E-state index contributed by atoms with van der Waals surface area (Å²) in [4.78, 5) is 27.1. The Morgan fingerprint density at radius 1 is 1.00 bits per heavy atom. The third-order valence-corrected chi connectivity index (χ3v) is 8.29. The molecule has 5 rings (SSSR count). The van der Waals surface area contributed by atoms with Crippen LogP contribution in [0.25, 0.3) is 0 Å². The van der Waals surface area contributed by atoms with Crippen molar-refractivity contribution in [1.82, 2.24) is 14.9 Å². The van der Waals surface area contributed by atoms with E-state index >= 15 is 0 Å². The van der Waals surface area contributed by atoms with Crippen LogP contribution in [-0.4, -0.2) is 54.2 Å². The second-order valence-corrected chi connectivity index (χ2v) is 11.7. The minimum absolute atomic E-state index is 0.0354. The molecule has 1 unspecified atom stereocenters. The Morgan fingerprint density at radius 2 is 1.69 bits per heavy atom. The Hall–Kier alpha value is -4.35. The first-order valence-electron chi connectivity index (χ1n) is 14.4. The van der Waals surface area contributed by atoms with Crippen LogP contribution in [0.3, 0.4) is 0 Å². The summed E-state index contributed by atoms with van der Waals surface area (Å²) in [6.07, 6.45) is -4.97. The Labute approximate surface area is 265 Å². The SMILES string of the molecule is Cc1cc(C)c(C(c2cc(C(F)(F)F)ccc2Cl)N(C(=O)[O-])c2ccnc(Nc3cccc(N4CCN(C)CC4)c3)n2)c(C)c1. The predicted molar refractivity (Wildman–Crippen MR) is 168 cm³/mol. The number of nitrogens with zero attached hydrogens (tertiary/aromatic N) is 5. The summed E-state index contributed by atoms with van der Waals surface area (Å²) in [5.41, 5.74) is 3.41. The Morgan fingerprint density at radius 3 is 2.33 bits per heavy atom. The Kier molecular flexibility index (Phi) is 9.22. The fourth-order valence-electron chi connectivity index (χ4n) is 5.82. The summed E-state index contributed by atoms with van der Waals surface area (Å²) in [5, 5.41) is 16.0. The highest BCUT2D eigenvalue weighted by Crippen LogP contribution is 2.42. The molecule has 2 heterocycles. The minimum atomic E-state index is -4.68. The molecule has 45 heavy (non-hydrogen) atoms. The van der Waals surface area contributed by atoms with Crippen molar-refractivity contribution in [1.29, 1.82) is 0 Å². The van der Waals surface area contributed by atoms with Gasteiger partial charge in [0.1, 0.15) is 11.9 Å². The molecule has 236 valence electrons. The number of hydrogen-bond acceptors (Lipinski definition) is 7. The molecular formula is C33H33ClF3N6O2-. The summed E-state index contributed by atoms with van der Waals surface area (Å²) in [6.45, 7) is 9.08. The number of rotatable bonds is 7. The molecule has 0 saturated carbocycles. The molecule has 0 aliphatic carbocycles. The van der Waals surface area contributed by atoms with Gasteiger partial charge in [-0.2, -0.15) is 18.2 Å². The second-order valence-electron chi connectivity index (χ2n) is 11.3. The van der Waals surface area contributed by atoms with Crippen LogP contribution in [0.5, 0.6) is 0 Å². The van der Waals surface area contributed by atoms with Crippen LogP contribution in [0.1, 0.15) is 39.4 Å². The van der Waals surface area contributed by atoms with Crippen LogP contribution < -0.4 is 20.2 Å². The van der Waals surface area contributed by atoms with Crippen molar-refractivity contribution < 1.29 is 23.1 Å². The van der Waals surface area contributed by atoms with Gasteiger partial charge in [-0.05, 0) is 92.5 Å². The van der Waals surface area contributed by atoms with Crippen molar-refractivity contribution in [2.45, 2.75) is 33.0 Å². The number of nitrogens with one attached hydrogen (secondary N) is 1. The van der Waals surface area contributed by atoms with Crippen molar-refractivity contribution in [2.24, 2.45) is 0 Å². The van der Waals surface area contributed by atoms with Crippen molar-refractivity contribution in [3.63, 3.8) is 0 Å². The number of halogens is 4. The number of carbonyl (C=O) groups excluding carboxylic acids is 1. The highest BCUT2D eigenvalue weighted by Gasteiger charge is 2.35. The van der Waals surface area contributed by atoms with Crippen LogP contribution >= 0.6 is 11.6 Å². The number of aryl methyl sites for hydroxylation is 3. The lowest BCUT2D eigenvalue weighted by molar-refractivity contribution is -0.247. The average Bonchev–Trinajstić information content (AvgIpc) is 2.96. The molecule has 0 bridgehead atoms. The fraction of sp³-hybridized carbons (Fsp3) is 0.303. The third-order valence-electron chi connectivity index (χ3n) is 7.94. The molecule has 1 amide bonds. The minimum Gasteiger partial charge on any atom is -0.530 e. The lowest BCUT2D eigenvalue weighted by atomic mass is 9.88. The summed E-state index contributed by atoms with van der Waals surface area (Å²) >= 11 is 6.53. The molecule has 0 spiro atoms. The van der Waals surface area contributed by atoms with Crippen molar-refractivity contribution in [2.75, 3.05) is 48.3 Å². The summed E-state index contributed by atoms with van der Waals surface area (Å²) in [5.74, 6) is 0.00101. The van der Waals surface area contributed by atoms with E-state index in [1.807, 2.05) is 43.3 Å². The molecule has 4 aromatic rings. The largest absolute Gasteiger partial charge is 0.530 e. The smallest absolute Gasteiger partial charge is 0.416 e. The molecule has 8 nitrogen and oxygen atoms in total. The van der Waals surface area contributed by atoms with E-state index in [2.05, 4.69) is 32.1 Å². The Balaban J connectivity index is 1.58. The molecule has 1 fully saturated rings. The van der Waals surface area contributed by atoms with E-state index in [4.69, 9.17) is 11.6 Å². The van der Waals surface area contributed by atoms with Gasteiger partial charge < -0.3 is 29.9 Å². The second kappa shape index (κ2) is 12.9. The van der Waals surface area contributed by atoms with Crippen LogP contribution in [0.15, 0.2) is 66.9 Å². The number of carbonyl (C=O) groups is 1. The first-order valence-corrected chi connectivity index (χ1v) is 14.8. The van der Waals surface area contributed by atoms with Crippen molar-refractivity contribution >= 4 is 40.8 Å². The Bertz CT molecular complexity index is 1690. The van der Waals surface area contributed by atoms with Gasteiger partial charge in [0.05, 0.1) is 11.6 Å². The van der Waals surface area contributed by atoms with Gasteiger partial charge in [0, 0.05) is 48.8 Å². The number of alkyl halides is 3. The number of carboxylic acid groups (broad SMARTS) is 1. The summed E-state index contributed by atoms with van der Waals surface area (Å²) in [6, 6.07) is 14.3. The number of likely N-dealkylation sites (N-methyl/N-ethyl adjacent to an activating group) is 1. The molecule has 3 aromatic carbocycles. The highest BCUT2D eigenvalue weighted by molar-refractivity contribution is 6.31. The molecule has 1 aromatic heterocycles. The number of anilines is 4. The van der Waals surface area contributed by atoms with Crippen LogP contribution in [0.4, 0.5) is 41.1 Å². The monoisotopic (exact) mass is 637 g/mol. The zero-order valence-corrected chi connectivity index (χ0v) is 26.1. The fourth-order valence-corrected chi connectivity index (χ4v) is 6.05. The molecular weight excluding hydrogens is 605 g/mol. The van der Waals surface area contributed by atoms with E-state index in [1.54, 1.807) is 13.8 Å². The van der Waals surface area contributed by atoms with Gasteiger partial charge in [-0.25, -0.2) is 4.98 Å². The topological polar surface area (TPSA) is 87.7 Å². The van der Waals surface area contributed by atoms with E-state index in [0.717, 1.165) is 60.5 Å². The van der Waals surface area contributed by atoms with E-state index in [1.165, 1.54) is 12.3 Å². The predicted octanol–water partition coefficient (Wildman–Crippen LogP) is 6.51. The van der Waals surface area contributed by atoms with Gasteiger partial charge in [-0.1, -0.05) is 35.4 Å². The zero-order chi connectivity index (χ0) is 32.5. The summed E-state index contributed by atoms with van der Waals surface area (Å²) in [7, 11) is 2.09.